The number of hydrogen-bond donors (Lipinski definition) is 1. The molecule has 7 heteroatoms. The van der Waals surface area contributed by atoms with E-state index in [2.05, 4.69) is 9.97 Å². The van der Waals surface area contributed by atoms with Crippen molar-refractivity contribution in [2.75, 3.05) is 0 Å². The number of benzene rings is 2. The molecule has 0 spiro atoms. The SMILES string of the molecule is NC1(c2ncnc3c(-c4ccc(Cl)cc4)n(-c4ccccc4Cl)nc23)CCC1. The molecule has 0 amide bonds. The lowest BCUT2D eigenvalue weighted by Gasteiger charge is -2.37. The predicted molar refractivity (Wildman–Crippen MR) is 112 cm³/mol. The second kappa shape index (κ2) is 6.55. The average molecular weight is 410 g/mol. The first kappa shape index (κ1) is 17.6. The monoisotopic (exact) mass is 409 g/mol. The molecule has 5 rings (SSSR count). The molecule has 0 aliphatic heterocycles. The maximum absolute atomic E-state index is 6.59. The predicted octanol–water partition coefficient (Wildman–Crippen LogP) is 5.13. The first-order valence-electron chi connectivity index (χ1n) is 9.11. The molecule has 0 unspecified atom stereocenters. The summed E-state index contributed by atoms with van der Waals surface area (Å²) in [7, 11) is 0. The number of fused-ring (bicyclic) bond motifs is 1. The van der Waals surface area contributed by atoms with Crippen molar-refractivity contribution in [1.29, 1.82) is 0 Å². The Balaban J connectivity index is 1.85. The Hall–Kier alpha value is -2.47. The zero-order valence-electron chi connectivity index (χ0n) is 14.9. The summed E-state index contributed by atoms with van der Waals surface area (Å²) in [6.45, 7) is 0. The fourth-order valence-electron chi connectivity index (χ4n) is 3.72. The molecule has 140 valence electrons. The van der Waals surface area contributed by atoms with Gasteiger partial charge in [-0.05, 0) is 43.5 Å². The van der Waals surface area contributed by atoms with Crippen LogP contribution in [-0.4, -0.2) is 19.7 Å². The minimum Gasteiger partial charge on any atom is -0.320 e. The Morgan fingerprint density at radius 3 is 2.36 bits per heavy atom. The summed E-state index contributed by atoms with van der Waals surface area (Å²) in [5, 5.41) is 6.16. The fraction of sp³-hybridized carbons (Fsp3) is 0.190. The van der Waals surface area contributed by atoms with Gasteiger partial charge in [-0.1, -0.05) is 47.5 Å². The van der Waals surface area contributed by atoms with Gasteiger partial charge in [0.2, 0.25) is 0 Å². The third-order valence-electron chi connectivity index (χ3n) is 5.37. The van der Waals surface area contributed by atoms with Gasteiger partial charge in [0.25, 0.3) is 0 Å². The van der Waals surface area contributed by atoms with Crippen molar-refractivity contribution in [2.24, 2.45) is 5.73 Å². The van der Waals surface area contributed by atoms with Crippen LogP contribution in [0, 0.1) is 0 Å². The summed E-state index contributed by atoms with van der Waals surface area (Å²) < 4.78 is 1.83. The van der Waals surface area contributed by atoms with Crippen LogP contribution in [0.4, 0.5) is 0 Å². The maximum Gasteiger partial charge on any atom is 0.135 e. The summed E-state index contributed by atoms with van der Waals surface area (Å²) >= 11 is 12.6. The standard InChI is InChI=1S/C21H17Cl2N5/c22-14-8-6-13(7-9-14)19-17-18(20(26-12-25-17)21(24)10-3-11-21)27-28(19)16-5-2-1-4-15(16)23/h1-2,4-9,12H,3,10-11,24H2. The molecule has 4 aromatic rings. The van der Waals surface area contributed by atoms with Gasteiger partial charge in [0.05, 0.1) is 21.9 Å². The van der Waals surface area contributed by atoms with Gasteiger partial charge >= 0.3 is 0 Å². The van der Waals surface area contributed by atoms with Crippen LogP contribution < -0.4 is 5.73 Å². The van der Waals surface area contributed by atoms with Gasteiger partial charge in [0.1, 0.15) is 23.1 Å². The first-order chi connectivity index (χ1) is 13.6. The van der Waals surface area contributed by atoms with Crippen LogP contribution in [-0.2, 0) is 5.54 Å². The van der Waals surface area contributed by atoms with Crippen LogP contribution >= 0.6 is 23.2 Å². The topological polar surface area (TPSA) is 69.6 Å². The summed E-state index contributed by atoms with van der Waals surface area (Å²) in [4.78, 5) is 9.08. The van der Waals surface area contributed by atoms with Crippen LogP contribution in [0.5, 0.6) is 0 Å². The number of nitrogens with zero attached hydrogens (tertiary/aromatic N) is 4. The molecule has 5 nitrogen and oxygen atoms in total. The molecule has 0 radical (unpaired) electrons. The largest absolute Gasteiger partial charge is 0.320 e. The van der Waals surface area contributed by atoms with Crippen molar-refractivity contribution in [1.82, 2.24) is 19.7 Å². The minimum atomic E-state index is -0.446. The molecule has 0 saturated heterocycles. The Bertz CT molecular complexity index is 1180. The van der Waals surface area contributed by atoms with Gasteiger partial charge in [-0.3, -0.25) is 0 Å². The second-order valence-corrected chi connectivity index (χ2v) is 7.99. The van der Waals surface area contributed by atoms with Crippen molar-refractivity contribution >= 4 is 34.2 Å². The van der Waals surface area contributed by atoms with E-state index in [0.29, 0.717) is 10.0 Å². The Morgan fingerprint density at radius 1 is 0.929 bits per heavy atom. The van der Waals surface area contributed by atoms with Crippen LogP contribution in [0.3, 0.4) is 0 Å². The normalized spacial score (nSPS) is 15.5. The van der Waals surface area contributed by atoms with E-state index in [4.69, 9.17) is 34.0 Å². The molecule has 1 saturated carbocycles. The third kappa shape index (κ3) is 2.70. The summed E-state index contributed by atoms with van der Waals surface area (Å²) in [6.07, 6.45) is 4.46. The van der Waals surface area contributed by atoms with E-state index in [1.54, 1.807) is 6.33 Å². The van der Waals surface area contributed by atoms with Gasteiger partial charge in [0, 0.05) is 10.6 Å². The molecule has 2 heterocycles. The molecular formula is C21H17Cl2N5. The van der Waals surface area contributed by atoms with E-state index in [1.165, 1.54) is 0 Å². The van der Waals surface area contributed by atoms with E-state index < -0.39 is 5.54 Å². The highest BCUT2D eigenvalue weighted by atomic mass is 35.5. The molecule has 0 atom stereocenters. The lowest BCUT2D eigenvalue weighted by Crippen LogP contribution is -2.44. The van der Waals surface area contributed by atoms with Gasteiger partial charge in [-0.25, -0.2) is 14.6 Å². The third-order valence-corrected chi connectivity index (χ3v) is 5.95. The molecule has 1 aliphatic rings. The molecule has 2 N–H and O–H groups in total. The first-order valence-corrected chi connectivity index (χ1v) is 9.86. The van der Waals surface area contributed by atoms with Crippen molar-refractivity contribution in [3.05, 3.63) is 70.6 Å². The van der Waals surface area contributed by atoms with Crippen molar-refractivity contribution in [2.45, 2.75) is 24.8 Å². The van der Waals surface area contributed by atoms with Crippen LogP contribution in [0.2, 0.25) is 10.0 Å². The minimum absolute atomic E-state index is 0.446. The van der Waals surface area contributed by atoms with Gasteiger partial charge in [0.15, 0.2) is 0 Å². The number of aromatic nitrogens is 4. The molecule has 1 fully saturated rings. The molecule has 2 aromatic heterocycles. The Kier molecular flexibility index (Phi) is 4.12. The van der Waals surface area contributed by atoms with Gasteiger partial charge in [-0.2, -0.15) is 5.10 Å². The quantitative estimate of drug-likeness (QED) is 0.509. The number of rotatable bonds is 3. The van der Waals surface area contributed by atoms with E-state index in [-0.39, 0.29) is 0 Å². The second-order valence-electron chi connectivity index (χ2n) is 7.15. The molecule has 2 aromatic carbocycles. The van der Waals surface area contributed by atoms with E-state index in [9.17, 15) is 0 Å². The Labute approximate surface area is 172 Å². The van der Waals surface area contributed by atoms with E-state index >= 15 is 0 Å². The highest BCUT2D eigenvalue weighted by Crippen LogP contribution is 2.42. The van der Waals surface area contributed by atoms with Crippen molar-refractivity contribution in [3.8, 4) is 16.9 Å². The van der Waals surface area contributed by atoms with Gasteiger partial charge in [-0.15, -0.1) is 0 Å². The molecule has 28 heavy (non-hydrogen) atoms. The average Bonchev–Trinajstić information content (AvgIpc) is 3.06. The summed E-state index contributed by atoms with van der Waals surface area (Å²) in [5.74, 6) is 0. The van der Waals surface area contributed by atoms with E-state index in [0.717, 1.165) is 52.9 Å². The Morgan fingerprint density at radius 2 is 1.68 bits per heavy atom. The highest BCUT2D eigenvalue weighted by Gasteiger charge is 2.38. The molecular weight excluding hydrogens is 393 g/mol. The number of hydrogen-bond acceptors (Lipinski definition) is 4. The summed E-state index contributed by atoms with van der Waals surface area (Å²) in [5.41, 5.74) is 11.0. The van der Waals surface area contributed by atoms with Crippen molar-refractivity contribution < 1.29 is 0 Å². The van der Waals surface area contributed by atoms with Crippen LogP contribution in [0.15, 0.2) is 54.9 Å². The zero-order valence-corrected chi connectivity index (χ0v) is 16.5. The van der Waals surface area contributed by atoms with Gasteiger partial charge < -0.3 is 5.73 Å². The lowest BCUT2D eigenvalue weighted by molar-refractivity contribution is 0.248. The smallest absolute Gasteiger partial charge is 0.135 e. The van der Waals surface area contributed by atoms with Crippen LogP contribution in [0.1, 0.15) is 25.0 Å². The maximum atomic E-state index is 6.59. The summed E-state index contributed by atoms with van der Waals surface area (Å²) in [6, 6.07) is 15.2. The number of halogens is 2. The van der Waals surface area contributed by atoms with Crippen molar-refractivity contribution in [3.63, 3.8) is 0 Å². The fourth-order valence-corrected chi connectivity index (χ4v) is 4.06. The van der Waals surface area contributed by atoms with E-state index in [1.807, 2.05) is 53.2 Å². The van der Waals surface area contributed by atoms with Crippen LogP contribution in [0.25, 0.3) is 28.0 Å². The number of nitrogens with two attached hydrogens (primary N) is 1. The zero-order chi connectivity index (χ0) is 19.3. The highest BCUT2D eigenvalue weighted by molar-refractivity contribution is 6.32. The molecule has 0 bridgehead atoms. The lowest BCUT2D eigenvalue weighted by atomic mass is 9.75. The number of para-hydroxylation sites is 1. The molecule has 1 aliphatic carbocycles.